The Morgan fingerprint density at radius 1 is 1.25 bits per heavy atom. The first kappa shape index (κ1) is 20.4. The van der Waals surface area contributed by atoms with Crippen LogP contribution in [-0.4, -0.2) is 25.0 Å². The largest absolute Gasteiger partial charge is 0.351 e. The fourth-order valence-electron chi connectivity index (χ4n) is 3.41. The van der Waals surface area contributed by atoms with Crippen LogP contribution in [0.25, 0.3) is 0 Å². The number of halogens is 3. The maximum atomic E-state index is 13.3. The van der Waals surface area contributed by atoms with Gasteiger partial charge in [-0.1, -0.05) is 35.3 Å². The van der Waals surface area contributed by atoms with Crippen LogP contribution in [0.5, 0.6) is 0 Å². The molecule has 3 atom stereocenters. The van der Waals surface area contributed by atoms with Crippen molar-refractivity contribution in [1.29, 1.82) is 0 Å². The molecule has 0 saturated carbocycles. The van der Waals surface area contributed by atoms with E-state index in [-0.39, 0.29) is 23.0 Å². The molecular weight excluding hydrogens is 404 g/mol. The highest BCUT2D eigenvalue weighted by atomic mass is 35.5. The van der Waals surface area contributed by atoms with Crippen LogP contribution in [0.4, 0.5) is 9.18 Å². The molecule has 4 rings (SSSR count). The van der Waals surface area contributed by atoms with Crippen LogP contribution in [0.3, 0.4) is 0 Å². The average Bonchev–Trinajstić information content (AvgIpc) is 3.03. The molecule has 148 valence electrons. The normalized spacial score (nSPS) is 20.5. The first-order valence-corrected chi connectivity index (χ1v) is 9.62. The van der Waals surface area contributed by atoms with E-state index >= 15 is 0 Å². The summed E-state index contributed by atoms with van der Waals surface area (Å²) in [7, 11) is 0. The number of carbonyl (C=O) groups excluding carboxylic acids is 2. The van der Waals surface area contributed by atoms with Crippen molar-refractivity contribution >= 4 is 35.6 Å². The minimum atomic E-state index is -0.470. The van der Waals surface area contributed by atoms with E-state index in [1.165, 1.54) is 11.6 Å². The lowest BCUT2D eigenvalue weighted by Gasteiger charge is -2.36. The first-order valence-electron chi connectivity index (χ1n) is 8.86. The lowest BCUT2D eigenvalue weighted by atomic mass is 9.72. The molecule has 1 fully saturated rings. The van der Waals surface area contributed by atoms with Crippen LogP contribution in [0.15, 0.2) is 36.4 Å². The summed E-state index contributed by atoms with van der Waals surface area (Å²) in [6, 6.07) is 10.3. The molecule has 5 nitrogen and oxygen atoms in total. The number of hydrogen-bond donors (Lipinski definition) is 3. The zero-order valence-corrected chi connectivity index (χ0v) is 16.6. The minimum Gasteiger partial charge on any atom is -0.351 e. The van der Waals surface area contributed by atoms with Crippen molar-refractivity contribution in [3.63, 3.8) is 0 Å². The molecule has 8 heteroatoms. The number of amides is 3. The molecule has 28 heavy (non-hydrogen) atoms. The third-order valence-corrected chi connectivity index (χ3v) is 5.37. The average molecular weight is 424 g/mol. The third kappa shape index (κ3) is 4.56. The Labute approximate surface area is 172 Å². The van der Waals surface area contributed by atoms with Gasteiger partial charge in [-0.25, -0.2) is 9.18 Å². The maximum Gasteiger partial charge on any atom is 0.315 e. The molecule has 1 saturated heterocycles. The predicted molar refractivity (Wildman–Crippen MR) is 107 cm³/mol. The number of hydrogen-bond acceptors (Lipinski definition) is 2. The highest BCUT2D eigenvalue weighted by Crippen LogP contribution is 2.44. The van der Waals surface area contributed by atoms with Crippen LogP contribution < -0.4 is 16.0 Å². The van der Waals surface area contributed by atoms with Gasteiger partial charge < -0.3 is 16.0 Å². The smallest absolute Gasteiger partial charge is 0.315 e. The number of nitrogens with one attached hydrogen (secondary N) is 3. The topological polar surface area (TPSA) is 70.2 Å². The van der Waals surface area contributed by atoms with Gasteiger partial charge in [-0.05, 0) is 54.3 Å². The molecule has 1 heterocycles. The van der Waals surface area contributed by atoms with E-state index < -0.39 is 5.82 Å². The van der Waals surface area contributed by atoms with Gasteiger partial charge in [0, 0.05) is 23.5 Å². The van der Waals surface area contributed by atoms with Crippen LogP contribution in [0.2, 0.25) is 10.0 Å². The summed E-state index contributed by atoms with van der Waals surface area (Å²) in [5, 5.41) is 8.81. The van der Waals surface area contributed by atoms with E-state index in [1.807, 2.05) is 25.1 Å². The van der Waals surface area contributed by atoms with Gasteiger partial charge in [0.15, 0.2) is 0 Å². The summed E-state index contributed by atoms with van der Waals surface area (Å²) in [6.45, 7) is 2.72. The molecule has 2 aromatic carbocycles. The molecule has 3 amide bonds. The van der Waals surface area contributed by atoms with E-state index in [4.69, 9.17) is 23.2 Å². The van der Waals surface area contributed by atoms with Crippen LogP contribution >= 0.6 is 23.2 Å². The van der Waals surface area contributed by atoms with E-state index in [1.54, 1.807) is 12.1 Å². The van der Waals surface area contributed by atoms with Crippen molar-refractivity contribution in [2.24, 2.45) is 0 Å². The summed E-state index contributed by atoms with van der Waals surface area (Å²) >= 11 is 11.9. The van der Waals surface area contributed by atoms with E-state index in [9.17, 15) is 14.0 Å². The molecule has 0 bridgehead atoms. The molecule has 0 aromatic heterocycles. The van der Waals surface area contributed by atoms with E-state index in [0.717, 1.165) is 24.1 Å². The van der Waals surface area contributed by atoms with Gasteiger partial charge in [-0.3, -0.25) is 4.79 Å². The fraction of sp³-hybridized carbons (Fsp3) is 0.300. The third-order valence-electron chi connectivity index (χ3n) is 4.85. The van der Waals surface area contributed by atoms with Gasteiger partial charge in [-0.15, -0.1) is 0 Å². The van der Waals surface area contributed by atoms with Gasteiger partial charge in [0.05, 0.1) is 11.1 Å². The molecule has 0 radical (unpaired) electrons. The van der Waals surface area contributed by atoms with Gasteiger partial charge in [0.2, 0.25) is 6.41 Å². The van der Waals surface area contributed by atoms with E-state index in [2.05, 4.69) is 16.0 Å². The zero-order valence-electron chi connectivity index (χ0n) is 15.1. The summed E-state index contributed by atoms with van der Waals surface area (Å²) in [6.07, 6.45) is 1.50. The number of benzene rings is 2. The Morgan fingerprint density at radius 2 is 2.04 bits per heavy atom. The van der Waals surface area contributed by atoms with Gasteiger partial charge in [0.1, 0.15) is 5.82 Å². The van der Waals surface area contributed by atoms with Crippen molar-refractivity contribution in [1.82, 2.24) is 16.0 Å². The molecule has 1 aliphatic heterocycles. The second-order valence-electron chi connectivity index (χ2n) is 6.84. The number of rotatable bonds is 4. The Morgan fingerprint density at radius 3 is 2.61 bits per heavy atom. The second kappa shape index (κ2) is 8.80. The van der Waals surface area contributed by atoms with Crippen LogP contribution in [-0.2, 0) is 11.2 Å². The van der Waals surface area contributed by atoms with Crippen molar-refractivity contribution in [3.05, 3.63) is 69.0 Å². The molecule has 0 spiro atoms. The molecular formula is C20H20Cl2FN3O2. The second-order valence-corrected chi connectivity index (χ2v) is 7.69. The van der Waals surface area contributed by atoms with E-state index in [0.29, 0.717) is 17.5 Å². The summed E-state index contributed by atoms with van der Waals surface area (Å²) < 4.78 is 13.3. The highest BCUT2D eigenvalue weighted by molar-refractivity contribution is 6.31. The minimum absolute atomic E-state index is 0.0486. The summed E-state index contributed by atoms with van der Waals surface area (Å²) in [5.41, 5.74) is 3.11. The molecule has 3 N–H and O–H groups in total. The molecule has 1 aliphatic carbocycles. The fourth-order valence-corrected chi connectivity index (χ4v) is 3.78. The van der Waals surface area contributed by atoms with Crippen molar-refractivity contribution in [2.75, 3.05) is 6.54 Å². The van der Waals surface area contributed by atoms with Crippen molar-refractivity contribution in [3.8, 4) is 0 Å². The number of carbonyl (C=O) groups is 2. The summed E-state index contributed by atoms with van der Waals surface area (Å²) in [5.74, 6) is -0.354. The predicted octanol–water partition coefficient (Wildman–Crippen LogP) is 3.95. The quantitative estimate of drug-likeness (QED) is 0.651. The molecule has 3 unspecified atom stereocenters. The Kier molecular flexibility index (Phi) is 6.42. The number of fused-ring (bicyclic) bond motifs is 1. The monoisotopic (exact) mass is 423 g/mol. The van der Waals surface area contributed by atoms with Gasteiger partial charge in [0.25, 0.3) is 0 Å². The molecule has 2 aromatic rings. The van der Waals surface area contributed by atoms with Crippen LogP contribution in [0.1, 0.15) is 35.6 Å². The standard InChI is InChI=1S/C16H12Cl2FNO.C4H8N2O/c17-11-3-1-9-5-13(12(9)7-11)16(20-8-21)10-2-4-15(19)14(18)6-10;1-3-2-5-4(7)6-3/h1-4,6-8,13,16H,5H2,(H,20,21);3H,2H2,1H3,(H2,5,6,7). The zero-order chi connectivity index (χ0) is 20.3. The highest BCUT2D eigenvalue weighted by Gasteiger charge is 2.34. The first-order chi connectivity index (χ1) is 13.4. The Balaban J connectivity index is 0.000000271. The van der Waals surface area contributed by atoms with Crippen molar-refractivity contribution in [2.45, 2.75) is 31.3 Å². The Hall–Kier alpha value is -2.31. The van der Waals surface area contributed by atoms with Crippen LogP contribution in [0, 0.1) is 5.82 Å². The van der Waals surface area contributed by atoms with Gasteiger partial charge in [-0.2, -0.15) is 0 Å². The SMILES string of the molecule is CC1CNC(=O)N1.O=CNC(c1ccc(F)c(Cl)c1)C1Cc2ccc(Cl)cc21. The Bertz CT molecular complexity index is 894. The summed E-state index contributed by atoms with van der Waals surface area (Å²) in [4.78, 5) is 21.2. The van der Waals surface area contributed by atoms with Gasteiger partial charge >= 0.3 is 6.03 Å². The van der Waals surface area contributed by atoms with Crippen molar-refractivity contribution < 1.29 is 14.0 Å². The lowest BCUT2D eigenvalue weighted by Crippen LogP contribution is -2.32. The maximum absolute atomic E-state index is 13.3. The lowest BCUT2D eigenvalue weighted by molar-refractivity contribution is -0.110. The number of urea groups is 1. The molecule has 2 aliphatic rings.